The Morgan fingerprint density at radius 1 is 1.00 bits per heavy atom. The number of rotatable bonds is 10. The first-order chi connectivity index (χ1) is 12.6. The lowest BCUT2D eigenvalue weighted by molar-refractivity contribution is -0.0611. The Balaban J connectivity index is 1.87. The third-order valence-electron chi connectivity index (χ3n) is 4.17. The second kappa shape index (κ2) is 10.5. The number of hydrogen-bond acceptors (Lipinski definition) is 7. The third-order valence-corrected chi connectivity index (χ3v) is 5.76. The Labute approximate surface area is 169 Å². The smallest absolute Gasteiger partial charge is 0.324 e. The highest BCUT2D eigenvalue weighted by atomic mass is 32.5. The van der Waals surface area contributed by atoms with Gasteiger partial charge in [-0.25, -0.2) is 0 Å². The molecule has 0 aromatic carbocycles. The average molecular weight is 418 g/mol. The maximum atomic E-state index is 10.5. The van der Waals surface area contributed by atoms with E-state index in [2.05, 4.69) is 0 Å². The summed E-state index contributed by atoms with van der Waals surface area (Å²) in [6.07, 6.45) is -0.509. The van der Waals surface area contributed by atoms with Crippen LogP contribution in [-0.2, 0) is 39.8 Å². The zero-order valence-electron chi connectivity index (χ0n) is 16.4. The first-order valence-corrected chi connectivity index (χ1v) is 11.9. The molecule has 0 aliphatic carbocycles. The number of hydrogen-bond donors (Lipinski definition) is 1. The van der Waals surface area contributed by atoms with Crippen LogP contribution in [0, 0.1) is 0 Å². The Hall–Kier alpha value is 0.500. The lowest BCUT2D eigenvalue weighted by atomic mass is 9.96. The van der Waals surface area contributed by atoms with Crippen molar-refractivity contribution in [3.8, 4) is 0 Å². The molecule has 0 bridgehead atoms. The normalized spacial score (nSPS) is 36.6. The van der Waals surface area contributed by atoms with Gasteiger partial charge < -0.3 is 32.9 Å². The number of ether oxygens (including phenoxy) is 4. The molecule has 0 aromatic rings. The van der Waals surface area contributed by atoms with Crippen LogP contribution >= 0.6 is 6.72 Å². The van der Waals surface area contributed by atoms with Crippen molar-refractivity contribution in [3.63, 3.8) is 0 Å². The van der Waals surface area contributed by atoms with E-state index in [-0.39, 0.29) is 24.9 Å². The van der Waals surface area contributed by atoms with E-state index in [9.17, 15) is 4.89 Å². The molecule has 2 heterocycles. The fourth-order valence-corrected chi connectivity index (χ4v) is 4.52. The predicted octanol–water partition coefficient (Wildman–Crippen LogP) is 1.39. The van der Waals surface area contributed by atoms with Crippen molar-refractivity contribution in [2.24, 2.45) is 0 Å². The molecule has 7 nitrogen and oxygen atoms in total. The Morgan fingerprint density at radius 2 is 1.56 bits per heavy atom. The molecule has 2 saturated heterocycles. The largest absolute Gasteiger partial charge is 0.380 e. The zero-order chi connectivity index (χ0) is 20.2. The van der Waals surface area contributed by atoms with Gasteiger partial charge in [0.15, 0.2) is 0 Å². The quantitative estimate of drug-likeness (QED) is 0.422. The summed E-state index contributed by atoms with van der Waals surface area (Å²) in [7, 11) is 11.7. The summed E-state index contributed by atoms with van der Waals surface area (Å²) in [5, 5.41) is 0. The van der Waals surface area contributed by atoms with E-state index in [4.69, 9.17) is 55.5 Å². The molecule has 4 radical (unpaired) electrons. The first kappa shape index (κ1) is 23.8. The molecule has 0 saturated carbocycles. The molecule has 7 atom stereocenters. The van der Waals surface area contributed by atoms with Crippen LogP contribution in [0.1, 0.15) is 40.5 Å². The van der Waals surface area contributed by atoms with Gasteiger partial charge in [0.2, 0.25) is 0 Å². The van der Waals surface area contributed by atoms with Crippen molar-refractivity contribution < 1.29 is 32.9 Å². The summed E-state index contributed by atoms with van der Waals surface area (Å²) in [5.74, 6) is 0. The second-order valence-corrected chi connectivity index (χ2v) is 10.2. The van der Waals surface area contributed by atoms with Crippen LogP contribution in [0.3, 0.4) is 0 Å². The topological polar surface area (TPSA) is 75.6 Å². The molecule has 2 aliphatic rings. The monoisotopic (exact) mass is 418 g/mol. The maximum absolute atomic E-state index is 10.5. The standard InChI is InChI=1S/C16H29B2O7PS/c1-9(2)20-7-13-12(6-16(18)23-13)25-26(19,27)21-8-14-11(22-10(3)4)5-15(17)24-14/h9-16H,5-8H2,1-4H3,(H,19,27)/t11?,12?,13-,14-,15-,16-,26?/m1/s1. The van der Waals surface area contributed by atoms with Crippen molar-refractivity contribution in [2.75, 3.05) is 13.2 Å². The lowest BCUT2D eigenvalue weighted by Crippen LogP contribution is -2.32. The molecule has 27 heavy (non-hydrogen) atoms. The van der Waals surface area contributed by atoms with Gasteiger partial charge in [0.25, 0.3) is 0 Å². The molecule has 0 spiro atoms. The summed E-state index contributed by atoms with van der Waals surface area (Å²) in [6.45, 7) is 4.53. The minimum atomic E-state index is -3.52. The van der Waals surface area contributed by atoms with E-state index in [1.807, 2.05) is 27.7 Å². The first-order valence-electron chi connectivity index (χ1n) is 9.30. The molecular weight excluding hydrogens is 389 g/mol. The van der Waals surface area contributed by atoms with E-state index < -0.39 is 37.0 Å². The van der Waals surface area contributed by atoms with Gasteiger partial charge in [0.05, 0.1) is 37.6 Å². The van der Waals surface area contributed by atoms with Crippen LogP contribution < -0.4 is 0 Å². The highest BCUT2D eigenvalue weighted by molar-refractivity contribution is 8.07. The zero-order valence-corrected chi connectivity index (χ0v) is 18.1. The van der Waals surface area contributed by atoms with Gasteiger partial charge in [-0.05, 0) is 52.3 Å². The third kappa shape index (κ3) is 8.03. The Morgan fingerprint density at radius 3 is 2.11 bits per heavy atom. The highest BCUT2D eigenvalue weighted by Crippen LogP contribution is 2.48. The van der Waals surface area contributed by atoms with Crippen LogP contribution in [0.5, 0.6) is 0 Å². The second-order valence-electron chi connectivity index (χ2n) is 7.41. The Kier molecular flexibility index (Phi) is 9.25. The minimum absolute atomic E-state index is 0.0265. The summed E-state index contributed by atoms with van der Waals surface area (Å²) in [6, 6.07) is -0.927. The maximum Gasteiger partial charge on any atom is 0.324 e. The lowest BCUT2D eigenvalue weighted by Gasteiger charge is -2.26. The van der Waals surface area contributed by atoms with E-state index in [1.54, 1.807) is 0 Å². The van der Waals surface area contributed by atoms with Crippen molar-refractivity contribution in [3.05, 3.63) is 0 Å². The molecular formula is C16H29B2O7PS. The molecule has 2 fully saturated rings. The molecule has 152 valence electrons. The summed E-state index contributed by atoms with van der Waals surface area (Å²) < 4.78 is 33.7. The van der Waals surface area contributed by atoms with Crippen LogP contribution in [0.25, 0.3) is 0 Å². The molecule has 3 unspecified atom stereocenters. The van der Waals surface area contributed by atoms with Crippen molar-refractivity contribution in [2.45, 2.75) is 89.2 Å². The van der Waals surface area contributed by atoms with Crippen LogP contribution in [0.2, 0.25) is 0 Å². The van der Waals surface area contributed by atoms with Crippen molar-refractivity contribution >= 4 is 34.2 Å². The predicted molar refractivity (Wildman–Crippen MR) is 106 cm³/mol. The van der Waals surface area contributed by atoms with Gasteiger partial charge in [-0.15, -0.1) is 0 Å². The Bertz CT molecular complexity index is 513. The fraction of sp³-hybridized carbons (Fsp3) is 1.00. The van der Waals surface area contributed by atoms with Gasteiger partial charge in [-0.2, -0.15) is 0 Å². The van der Waals surface area contributed by atoms with Crippen LogP contribution in [0.4, 0.5) is 0 Å². The van der Waals surface area contributed by atoms with E-state index in [0.717, 1.165) is 0 Å². The van der Waals surface area contributed by atoms with E-state index >= 15 is 0 Å². The molecule has 0 amide bonds. The van der Waals surface area contributed by atoms with Crippen molar-refractivity contribution in [1.82, 2.24) is 0 Å². The van der Waals surface area contributed by atoms with Gasteiger partial charge in [-0.1, -0.05) is 0 Å². The minimum Gasteiger partial charge on any atom is -0.380 e. The van der Waals surface area contributed by atoms with Crippen molar-refractivity contribution in [1.29, 1.82) is 0 Å². The highest BCUT2D eigenvalue weighted by Gasteiger charge is 2.39. The van der Waals surface area contributed by atoms with Crippen LogP contribution in [0.15, 0.2) is 0 Å². The summed E-state index contributed by atoms with van der Waals surface area (Å²) >= 11 is 5.16. The molecule has 11 heteroatoms. The summed E-state index contributed by atoms with van der Waals surface area (Å²) in [4.78, 5) is 10.5. The van der Waals surface area contributed by atoms with E-state index in [1.165, 1.54) is 0 Å². The van der Waals surface area contributed by atoms with Gasteiger partial charge in [-0.3, -0.25) is 0 Å². The molecule has 2 rings (SSSR count). The SMILES string of the molecule is [B][C@H]1CC(OC(C)C)[C@@H](COP(O)(=S)OC2C[C@H]([B])O[C@@H]2COC(C)C)O1. The fourth-order valence-electron chi connectivity index (χ4n) is 3.05. The average Bonchev–Trinajstić information content (AvgIpc) is 3.04. The van der Waals surface area contributed by atoms with Gasteiger partial charge >= 0.3 is 6.72 Å². The van der Waals surface area contributed by atoms with E-state index in [0.29, 0.717) is 19.4 Å². The molecule has 1 N–H and O–H groups in total. The molecule has 2 aliphatic heterocycles. The van der Waals surface area contributed by atoms with Crippen LogP contribution in [-0.4, -0.2) is 82.4 Å². The molecule has 0 aromatic heterocycles. The van der Waals surface area contributed by atoms with Gasteiger partial charge in [0.1, 0.15) is 27.9 Å². The summed E-state index contributed by atoms with van der Waals surface area (Å²) in [5.41, 5.74) is 0. The van der Waals surface area contributed by atoms with Gasteiger partial charge in [0, 0.05) is 12.0 Å².